The Kier molecular flexibility index (Phi) is 4.96. The molecule has 1 N–H and O–H groups in total. The molecule has 0 amide bonds. The molecule has 3 aliphatic rings. The second-order valence-corrected chi connectivity index (χ2v) is 7.54. The summed E-state index contributed by atoms with van der Waals surface area (Å²) in [5, 5.41) is 3.79. The summed E-state index contributed by atoms with van der Waals surface area (Å²) in [5.74, 6) is 0.871. The molecular weight excluding hydrogens is 300 g/mol. The molecule has 0 spiro atoms. The number of aromatic nitrogens is 2. The molecule has 0 aromatic carbocycles. The van der Waals surface area contributed by atoms with Gasteiger partial charge < -0.3 is 10.2 Å². The smallest absolute Gasteiger partial charge is 0.225 e. The van der Waals surface area contributed by atoms with Crippen LogP contribution in [0.5, 0.6) is 0 Å². The highest BCUT2D eigenvalue weighted by molar-refractivity contribution is 5.29. The van der Waals surface area contributed by atoms with Crippen LogP contribution in [-0.2, 0) is 0 Å². The Morgan fingerprint density at radius 3 is 2.58 bits per heavy atom. The van der Waals surface area contributed by atoms with Gasteiger partial charge in [-0.1, -0.05) is 0 Å². The fourth-order valence-corrected chi connectivity index (χ4v) is 4.17. The molecule has 3 heterocycles. The van der Waals surface area contributed by atoms with E-state index in [0.29, 0.717) is 6.04 Å². The van der Waals surface area contributed by atoms with Crippen LogP contribution in [0.3, 0.4) is 0 Å². The minimum absolute atomic E-state index is 0.694. The van der Waals surface area contributed by atoms with Crippen molar-refractivity contribution in [2.24, 2.45) is 0 Å². The summed E-state index contributed by atoms with van der Waals surface area (Å²) in [6, 6.07) is 4.24. The minimum atomic E-state index is 0.694. The molecule has 2 saturated heterocycles. The Morgan fingerprint density at radius 2 is 1.88 bits per heavy atom. The highest BCUT2D eigenvalue weighted by Gasteiger charge is 2.38. The van der Waals surface area contributed by atoms with Crippen LogP contribution in [0, 0.1) is 0 Å². The van der Waals surface area contributed by atoms with Gasteiger partial charge in [-0.15, -0.1) is 0 Å². The molecule has 1 saturated carbocycles. The third-order valence-electron chi connectivity index (χ3n) is 5.71. The maximum atomic E-state index is 4.35. The van der Waals surface area contributed by atoms with E-state index >= 15 is 0 Å². The molecule has 0 unspecified atom stereocenters. The number of hydrogen-bond acceptors (Lipinski definition) is 6. The van der Waals surface area contributed by atoms with Crippen molar-refractivity contribution in [2.75, 3.05) is 50.7 Å². The SMILES string of the molecule is C[C@H]1C[C@@H](NCCN2CCN(c3ncccn3)CC2)CN1C1CC1. The molecule has 1 aromatic heterocycles. The van der Waals surface area contributed by atoms with Gasteiger partial charge in [-0.3, -0.25) is 9.80 Å². The lowest BCUT2D eigenvalue weighted by Crippen LogP contribution is -2.49. The maximum absolute atomic E-state index is 4.35. The van der Waals surface area contributed by atoms with Gasteiger partial charge in [0.15, 0.2) is 0 Å². The average molecular weight is 330 g/mol. The summed E-state index contributed by atoms with van der Waals surface area (Å²) in [4.78, 5) is 16.3. The number of hydrogen-bond donors (Lipinski definition) is 1. The summed E-state index contributed by atoms with van der Waals surface area (Å²) in [5.41, 5.74) is 0. The van der Waals surface area contributed by atoms with Crippen molar-refractivity contribution >= 4 is 5.95 Å². The van der Waals surface area contributed by atoms with Gasteiger partial charge in [0.1, 0.15) is 0 Å². The van der Waals surface area contributed by atoms with E-state index in [-0.39, 0.29) is 0 Å². The van der Waals surface area contributed by atoms with Gasteiger partial charge in [-0.25, -0.2) is 9.97 Å². The molecule has 0 radical (unpaired) electrons. The minimum Gasteiger partial charge on any atom is -0.338 e. The fourth-order valence-electron chi connectivity index (χ4n) is 4.17. The van der Waals surface area contributed by atoms with Crippen molar-refractivity contribution < 1.29 is 0 Å². The second-order valence-electron chi connectivity index (χ2n) is 7.54. The number of nitrogens with one attached hydrogen (secondary N) is 1. The van der Waals surface area contributed by atoms with E-state index in [1.165, 1.54) is 25.8 Å². The lowest BCUT2D eigenvalue weighted by molar-refractivity contribution is 0.245. The third kappa shape index (κ3) is 3.87. The molecule has 3 fully saturated rings. The fraction of sp³-hybridized carbons (Fsp3) is 0.778. The van der Waals surface area contributed by atoms with E-state index < -0.39 is 0 Å². The first-order chi connectivity index (χ1) is 11.8. The highest BCUT2D eigenvalue weighted by Crippen LogP contribution is 2.33. The van der Waals surface area contributed by atoms with E-state index in [0.717, 1.165) is 57.3 Å². The normalized spacial score (nSPS) is 29.3. The quantitative estimate of drug-likeness (QED) is 0.833. The zero-order valence-corrected chi connectivity index (χ0v) is 14.8. The maximum Gasteiger partial charge on any atom is 0.225 e. The first-order valence-corrected chi connectivity index (χ1v) is 9.53. The Balaban J connectivity index is 1.15. The van der Waals surface area contributed by atoms with Gasteiger partial charge in [0.05, 0.1) is 0 Å². The number of rotatable bonds is 6. The van der Waals surface area contributed by atoms with Gasteiger partial charge in [0, 0.05) is 76.3 Å². The number of nitrogens with zero attached hydrogens (tertiary/aromatic N) is 5. The zero-order chi connectivity index (χ0) is 16.4. The van der Waals surface area contributed by atoms with Crippen molar-refractivity contribution in [3.05, 3.63) is 18.5 Å². The number of likely N-dealkylation sites (tertiary alicyclic amines) is 1. The summed E-state index contributed by atoms with van der Waals surface area (Å²) in [6.45, 7) is 10.2. The van der Waals surface area contributed by atoms with Crippen LogP contribution in [0.2, 0.25) is 0 Å². The molecule has 2 aliphatic heterocycles. The molecule has 1 aliphatic carbocycles. The molecule has 6 nitrogen and oxygen atoms in total. The molecule has 24 heavy (non-hydrogen) atoms. The standard InChI is InChI=1S/C18H30N6/c1-15-13-16(14-24(15)17-3-4-17)19-7-8-22-9-11-23(12-10-22)18-20-5-2-6-21-18/h2,5-6,15-17,19H,3-4,7-14H2,1H3/t15-,16+/m0/s1. The van der Waals surface area contributed by atoms with Gasteiger partial charge in [0.25, 0.3) is 0 Å². The molecule has 4 rings (SSSR count). The van der Waals surface area contributed by atoms with Gasteiger partial charge in [0.2, 0.25) is 5.95 Å². The van der Waals surface area contributed by atoms with Crippen LogP contribution in [-0.4, -0.2) is 83.7 Å². The van der Waals surface area contributed by atoms with Crippen LogP contribution in [0.25, 0.3) is 0 Å². The van der Waals surface area contributed by atoms with Crippen molar-refractivity contribution in [3.8, 4) is 0 Å². The van der Waals surface area contributed by atoms with Crippen molar-refractivity contribution in [1.29, 1.82) is 0 Å². The van der Waals surface area contributed by atoms with Crippen LogP contribution in [0.4, 0.5) is 5.95 Å². The average Bonchev–Trinajstić information content (AvgIpc) is 3.40. The molecule has 132 valence electrons. The summed E-state index contributed by atoms with van der Waals surface area (Å²) in [7, 11) is 0. The van der Waals surface area contributed by atoms with Gasteiger partial charge in [-0.2, -0.15) is 0 Å². The van der Waals surface area contributed by atoms with Gasteiger partial charge >= 0.3 is 0 Å². The Bertz CT molecular complexity index is 512. The zero-order valence-electron chi connectivity index (χ0n) is 14.8. The van der Waals surface area contributed by atoms with Crippen LogP contribution in [0.1, 0.15) is 26.2 Å². The lowest BCUT2D eigenvalue weighted by Gasteiger charge is -2.34. The topological polar surface area (TPSA) is 47.5 Å². The highest BCUT2D eigenvalue weighted by atomic mass is 15.3. The first kappa shape index (κ1) is 16.2. The molecule has 2 atom stereocenters. The Morgan fingerprint density at radius 1 is 1.12 bits per heavy atom. The van der Waals surface area contributed by atoms with Crippen molar-refractivity contribution in [1.82, 2.24) is 25.1 Å². The summed E-state index contributed by atoms with van der Waals surface area (Å²) in [6.07, 6.45) is 7.81. The monoisotopic (exact) mass is 330 g/mol. The van der Waals surface area contributed by atoms with E-state index in [9.17, 15) is 0 Å². The predicted octanol–water partition coefficient (Wildman–Crippen LogP) is 0.813. The predicted molar refractivity (Wildman–Crippen MR) is 96.3 cm³/mol. The Labute approximate surface area is 145 Å². The first-order valence-electron chi connectivity index (χ1n) is 9.53. The van der Waals surface area contributed by atoms with E-state index in [4.69, 9.17) is 0 Å². The van der Waals surface area contributed by atoms with Crippen LogP contribution < -0.4 is 10.2 Å². The molecular formula is C18H30N6. The van der Waals surface area contributed by atoms with E-state index in [1.54, 1.807) is 0 Å². The van der Waals surface area contributed by atoms with Crippen molar-refractivity contribution in [2.45, 2.75) is 44.3 Å². The summed E-state index contributed by atoms with van der Waals surface area (Å²) < 4.78 is 0. The molecule has 6 heteroatoms. The second kappa shape index (κ2) is 7.33. The van der Waals surface area contributed by atoms with Crippen LogP contribution in [0.15, 0.2) is 18.5 Å². The third-order valence-corrected chi connectivity index (χ3v) is 5.71. The van der Waals surface area contributed by atoms with Crippen molar-refractivity contribution in [3.63, 3.8) is 0 Å². The van der Waals surface area contributed by atoms with Crippen LogP contribution >= 0.6 is 0 Å². The Hall–Kier alpha value is -1.24. The lowest BCUT2D eigenvalue weighted by atomic mass is 10.2. The largest absolute Gasteiger partial charge is 0.338 e. The molecule has 0 bridgehead atoms. The summed E-state index contributed by atoms with van der Waals surface area (Å²) >= 11 is 0. The molecule has 1 aromatic rings. The number of piperazine rings is 1. The number of anilines is 1. The van der Waals surface area contributed by atoms with E-state index in [2.05, 4.69) is 36.9 Å². The van der Waals surface area contributed by atoms with Gasteiger partial charge in [-0.05, 0) is 32.3 Å². The van der Waals surface area contributed by atoms with E-state index in [1.807, 2.05) is 18.5 Å².